The third kappa shape index (κ3) is 4.53. The van der Waals surface area contributed by atoms with Gasteiger partial charge in [0, 0.05) is 41.8 Å². The Hall–Kier alpha value is -1.58. The molecule has 9 heteroatoms. The summed E-state index contributed by atoms with van der Waals surface area (Å²) >= 11 is 1.58. The molecule has 0 aliphatic carbocycles. The van der Waals surface area contributed by atoms with Crippen molar-refractivity contribution >= 4 is 39.3 Å². The number of fused-ring (bicyclic) bond motifs is 1. The van der Waals surface area contributed by atoms with E-state index in [-0.39, 0.29) is 17.9 Å². The van der Waals surface area contributed by atoms with Crippen LogP contribution in [0.1, 0.15) is 29.6 Å². The van der Waals surface area contributed by atoms with E-state index in [1.165, 1.54) is 10.6 Å². The summed E-state index contributed by atoms with van der Waals surface area (Å²) in [7, 11) is -3.25. The van der Waals surface area contributed by atoms with E-state index in [2.05, 4.69) is 10.6 Å². The van der Waals surface area contributed by atoms with Crippen molar-refractivity contribution in [2.75, 3.05) is 30.4 Å². The predicted molar refractivity (Wildman–Crippen MR) is 97.3 cm³/mol. The number of amides is 2. The SMILES string of the molecule is CS(=O)(=O)N1CCCC(NC(=O)c2ccc3c(c2)NC(=O)CCS3)C1. The second-order valence-electron chi connectivity index (χ2n) is 6.29. The summed E-state index contributed by atoms with van der Waals surface area (Å²) in [4.78, 5) is 25.2. The van der Waals surface area contributed by atoms with E-state index in [4.69, 9.17) is 0 Å². The molecule has 1 fully saturated rings. The third-order valence-electron chi connectivity index (χ3n) is 4.29. The van der Waals surface area contributed by atoms with Crippen LogP contribution in [0.5, 0.6) is 0 Å². The molecule has 1 unspecified atom stereocenters. The molecular formula is C16H21N3O4S2. The molecule has 2 amide bonds. The van der Waals surface area contributed by atoms with Crippen LogP contribution in [0.3, 0.4) is 0 Å². The molecule has 1 aromatic carbocycles. The molecule has 0 radical (unpaired) electrons. The van der Waals surface area contributed by atoms with E-state index in [1.807, 2.05) is 6.07 Å². The second-order valence-corrected chi connectivity index (χ2v) is 9.41. The average Bonchev–Trinajstić information content (AvgIpc) is 2.74. The normalized spacial score (nSPS) is 21.8. The van der Waals surface area contributed by atoms with Gasteiger partial charge in [0.25, 0.3) is 5.91 Å². The van der Waals surface area contributed by atoms with Gasteiger partial charge in [-0.05, 0) is 31.0 Å². The lowest BCUT2D eigenvalue weighted by Gasteiger charge is -2.31. The molecule has 1 saturated heterocycles. The van der Waals surface area contributed by atoms with Crippen molar-refractivity contribution in [3.05, 3.63) is 23.8 Å². The number of hydrogen-bond donors (Lipinski definition) is 2. The molecular weight excluding hydrogens is 362 g/mol. The highest BCUT2D eigenvalue weighted by Gasteiger charge is 2.27. The minimum absolute atomic E-state index is 0.0557. The highest BCUT2D eigenvalue weighted by molar-refractivity contribution is 7.99. The van der Waals surface area contributed by atoms with Gasteiger partial charge in [-0.1, -0.05) is 0 Å². The van der Waals surface area contributed by atoms with Gasteiger partial charge in [0.1, 0.15) is 0 Å². The minimum atomic E-state index is -3.25. The lowest BCUT2D eigenvalue weighted by Crippen LogP contribution is -2.49. The molecule has 2 aliphatic heterocycles. The van der Waals surface area contributed by atoms with E-state index in [0.29, 0.717) is 36.5 Å². The Morgan fingerprint density at radius 1 is 1.40 bits per heavy atom. The number of benzene rings is 1. The van der Waals surface area contributed by atoms with Gasteiger partial charge in [-0.15, -0.1) is 11.8 Å². The van der Waals surface area contributed by atoms with Crippen LogP contribution < -0.4 is 10.6 Å². The number of carbonyl (C=O) groups excluding carboxylic acids is 2. The van der Waals surface area contributed by atoms with Crippen LogP contribution in [-0.4, -0.2) is 55.7 Å². The maximum Gasteiger partial charge on any atom is 0.251 e. The Morgan fingerprint density at radius 3 is 2.96 bits per heavy atom. The van der Waals surface area contributed by atoms with Gasteiger partial charge in [-0.25, -0.2) is 12.7 Å². The highest BCUT2D eigenvalue weighted by atomic mass is 32.2. The Bertz CT molecular complexity index is 795. The number of hydrogen-bond acceptors (Lipinski definition) is 5. The van der Waals surface area contributed by atoms with Gasteiger partial charge in [0.05, 0.1) is 11.9 Å². The number of rotatable bonds is 3. The van der Waals surface area contributed by atoms with Gasteiger partial charge in [-0.2, -0.15) is 0 Å². The smallest absolute Gasteiger partial charge is 0.251 e. The zero-order chi connectivity index (χ0) is 18.0. The Kier molecular flexibility index (Phi) is 5.35. The van der Waals surface area contributed by atoms with Crippen LogP contribution in [-0.2, 0) is 14.8 Å². The zero-order valence-corrected chi connectivity index (χ0v) is 15.6. The third-order valence-corrected chi connectivity index (χ3v) is 6.64. The number of nitrogens with zero attached hydrogens (tertiary/aromatic N) is 1. The largest absolute Gasteiger partial charge is 0.348 e. The molecule has 0 bridgehead atoms. The van der Waals surface area contributed by atoms with E-state index in [0.717, 1.165) is 17.7 Å². The van der Waals surface area contributed by atoms with Gasteiger partial charge in [0.2, 0.25) is 15.9 Å². The monoisotopic (exact) mass is 383 g/mol. The lowest BCUT2D eigenvalue weighted by atomic mass is 10.1. The van der Waals surface area contributed by atoms with Crippen LogP contribution in [0.2, 0.25) is 0 Å². The van der Waals surface area contributed by atoms with Gasteiger partial charge in [-0.3, -0.25) is 9.59 Å². The molecule has 2 N–H and O–H groups in total. The molecule has 0 aromatic heterocycles. The fourth-order valence-corrected chi connectivity index (χ4v) is 4.84. The molecule has 0 saturated carbocycles. The summed E-state index contributed by atoms with van der Waals surface area (Å²) in [5, 5.41) is 5.73. The molecule has 2 aliphatic rings. The van der Waals surface area contributed by atoms with E-state index >= 15 is 0 Å². The Balaban J connectivity index is 1.70. The predicted octanol–water partition coefficient (Wildman–Crippen LogP) is 1.27. The standard InChI is InChI=1S/C16H21N3O4S2/c1-25(22,23)19-7-2-3-12(10-19)17-16(21)11-4-5-14-13(9-11)18-15(20)6-8-24-14/h4-5,9,12H,2-3,6-8,10H2,1H3,(H,17,21)(H,18,20). The fourth-order valence-electron chi connectivity index (χ4n) is 2.99. The van der Waals surface area contributed by atoms with Crippen LogP contribution in [0.25, 0.3) is 0 Å². The summed E-state index contributed by atoms with van der Waals surface area (Å²) in [5.41, 5.74) is 1.11. The number of sulfonamides is 1. The van der Waals surface area contributed by atoms with Gasteiger partial charge < -0.3 is 10.6 Å². The van der Waals surface area contributed by atoms with E-state index < -0.39 is 10.0 Å². The highest BCUT2D eigenvalue weighted by Crippen LogP contribution is 2.31. The molecule has 0 spiro atoms. The number of piperidine rings is 1. The van der Waals surface area contributed by atoms with Crippen LogP contribution in [0, 0.1) is 0 Å². The zero-order valence-electron chi connectivity index (χ0n) is 13.9. The molecule has 7 nitrogen and oxygen atoms in total. The Labute approximate surface area is 151 Å². The van der Waals surface area contributed by atoms with Crippen molar-refractivity contribution in [2.24, 2.45) is 0 Å². The number of thioether (sulfide) groups is 1. The quantitative estimate of drug-likeness (QED) is 0.820. The second kappa shape index (κ2) is 7.35. The molecule has 1 aromatic rings. The van der Waals surface area contributed by atoms with Crippen molar-refractivity contribution in [3.63, 3.8) is 0 Å². The van der Waals surface area contributed by atoms with Crippen molar-refractivity contribution in [1.29, 1.82) is 0 Å². The van der Waals surface area contributed by atoms with E-state index in [9.17, 15) is 18.0 Å². The molecule has 2 heterocycles. The maximum atomic E-state index is 12.5. The summed E-state index contributed by atoms with van der Waals surface area (Å²) in [5.74, 6) is 0.403. The van der Waals surface area contributed by atoms with Crippen LogP contribution in [0.4, 0.5) is 5.69 Å². The first kappa shape index (κ1) is 18.2. The summed E-state index contributed by atoms with van der Waals surface area (Å²) in [6.45, 7) is 0.787. The van der Waals surface area contributed by atoms with Crippen molar-refractivity contribution in [1.82, 2.24) is 9.62 Å². The summed E-state index contributed by atoms with van der Waals surface area (Å²) in [6.07, 6.45) is 3.10. The Morgan fingerprint density at radius 2 is 2.20 bits per heavy atom. The molecule has 3 rings (SSSR count). The number of carbonyl (C=O) groups is 2. The molecule has 1 atom stereocenters. The molecule has 25 heavy (non-hydrogen) atoms. The first-order valence-corrected chi connectivity index (χ1v) is 11.0. The average molecular weight is 383 g/mol. The first-order valence-electron chi connectivity index (χ1n) is 8.15. The summed E-state index contributed by atoms with van der Waals surface area (Å²) < 4.78 is 24.8. The lowest BCUT2D eigenvalue weighted by molar-refractivity contribution is -0.115. The first-order chi connectivity index (χ1) is 11.8. The van der Waals surface area contributed by atoms with Crippen molar-refractivity contribution < 1.29 is 18.0 Å². The van der Waals surface area contributed by atoms with Crippen LogP contribution in [0.15, 0.2) is 23.1 Å². The van der Waals surface area contributed by atoms with E-state index in [1.54, 1.807) is 23.9 Å². The van der Waals surface area contributed by atoms with Gasteiger partial charge >= 0.3 is 0 Å². The maximum absolute atomic E-state index is 12.5. The fraction of sp³-hybridized carbons (Fsp3) is 0.500. The summed E-state index contributed by atoms with van der Waals surface area (Å²) in [6, 6.07) is 5.04. The van der Waals surface area contributed by atoms with Crippen molar-refractivity contribution in [3.8, 4) is 0 Å². The van der Waals surface area contributed by atoms with Crippen LogP contribution >= 0.6 is 11.8 Å². The molecule has 136 valence electrons. The topological polar surface area (TPSA) is 95.6 Å². The number of anilines is 1. The number of nitrogens with one attached hydrogen (secondary N) is 2. The minimum Gasteiger partial charge on any atom is -0.348 e. The van der Waals surface area contributed by atoms with Gasteiger partial charge in [0.15, 0.2) is 0 Å². The van der Waals surface area contributed by atoms with Crippen molar-refractivity contribution in [2.45, 2.75) is 30.2 Å².